The Morgan fingerprint density at radius 3 is 2.26 bits per heavy atom. The Bertz CT molecular complexity index is 1460. The molecule has 39 heavy (non-hydrogen) atoms. The van der Waals surface area contributed by atoms with Gasteiger partial charge in [-0.05, 0) is 55.3 Å². The monoisotopic (exact) mass is 547 g/mol. The molecule has 1 aromatic heterocycles. The second-order valence-corrected chi connectivity index (χ2v) is 13.1. The van der Waals surface area contributed by atoms with Crippen LogP contribution >= 0.6 is 10.6 Å². The van der Waals surface area contributed by atoms with Crippen molar-refractivity contribution >= 4 is 33.3 Å². The fourth-order valence-electron chi connectivity index (χ4n) is 5.81. The van der Waals surface area contributed by atoms with E-state index in [-0.39, 0.29) is 36.4 Å². The zero-order valence-corrected chi connectivity index (χ0v) is 22.6. The number of hydrogen-bond donors (Lipinski definition) is 2. The molecule has 3 aliphatic rings. The van der Waals surface area contributed by atoms with Crippen molar-refractivity contribution in [2.24, 2.45) is 0 Å². The van der Waals surface area contributed by atoms with E-state index in [0.717, 1.165) is 24.0 Å². The van der Waals surface area contributed by atoms with Crippen molar-refractivity contribution in [2.45, 2.75) is 25.3 Å². The number of amides is 2. The first-order valence-electron chi connectivity index (χ1n) is 13.6. The average molecular weight is 548 g/mol. The van der Waals surface area contributed by atoms with Crippen LogP contribution in [0.15, 0.2) is 48.5 Å². The van der Waals surface area contributed by atoms with E-state index in [1.807, 2.05) is 33.7 Å². The van der Waals surface area contributed by atoms with Gasteiger partial charge in [0.05, 0.1) is 28.7 Å². The van der Waals surface area contributed by atoms with Crippen molar-refractivity contribution in [3.63, 3.8) is 0 Å². The van der Waals surface area contributed by atoms with Gasteiger partial charge in [0.15, 0.2) is 0 Å². The molecule has 3 aromatic rings. The minimum atomic E-state index is -2.64. The molecule has 10 heteroatoms. The number of benzene rings is 2. The third-order valence-electron chi connectivity index (χ3n) is 8.36. The molecule has 3 heterocycles. The number of carbonyl (C=O) groups is 2. The molecule has 204 valence electrons. The summed E-state index contributed by atoms with van der Waals surface area (Å²) in [5.41, 5.74) is 2.93. The maximum absolute atomic E-state index is 13.7. The number of aromatic nitrogens is 1. The number of hydrogen-bond acceptors (Lipinski definition) is 6. The summed E-state index contributed by atoms with van der Waals surface area (Å²) in [6, 6.07) is 17.3. The lowest BCUT2D eigenvalue weighted by molar-refractivity contribution is 0.0455. The predicted molar refractivity (Wildman–Crippen MR) is 152 cm³/mol. The Hall–Kier alpha value is -3.36. The summed E-state index contributed by atoms with van der Waals surface area (Å²) in [6.45, 7) is 3.77. The maximum atomic E-state index is 13.7. The van der Waals surface area contributed by atoms with Crippen LogP contribution in [0, 0.1) is 11.3 Å². The van der Waals surface area contributed by atoms with Crippen molar-refractivity contribution in [1.82, 2.24) is 19.3 Å². The Kier molecular flexibility index (Phi) is 6.85. The molecular weight excluding hydrogens is 514 g/mol. The van der Waals surface area contributed by atoms with Crippen LogP contribution in [0.2, 0.25) is 0 Å². The number of fused-ring (bicyclic) bond motifs is 1. The van der Waals surface area contributed by atoms with Gasteiger partial charge in [0.1, 0.15) is 5.69 Å². The van der Waals surface area contributed by atoms with E-state index in [1.165, 1.54) is 19.3 Å². The quantitative estimate of drug-likeness (QED) is 0.510. The highest BCUT2D eigenvalue weighted by Crippen LogP contribution is 2.40. The van der Waals surface area contributed by atoms with Crippen LogP contribution in [0.5, 0.6) is 0 Å². The van der Waals surface area contributed by atoms with Crippen molar-refractivity contribution < 1.29 is 18.7 Å². The van der Waals surface area contributed by atoms with Crippen LogP contribution in [0.3, 0.4) is 0 Å². The summed E-state index contributed by atoms with van der Waals surface area (Å²) < 4.78 is 21.9. The summed E-state index contributed by atoms with van der Waals surface area (Å²) in [6.07, 6.45) is 3.83. The van der Waals surface area contributed by atoms with E-state index in [0.29, 0.717) is 41.6 Å². The molecule has 3 fully saturated rings. The Morgan fingerprint density at radius 1 is 0.872 bits per heavy atom. The van der Waals surface area contributed by atoms with E-state index in [4.69, 9.17) is 0 Å². The maximum Gasteiger partial charge on any atom is 0.270 e. The number of piperazine rings is 1. The van der Waals surface area contributed by atoms with Gasteiger partial charge in [-0.25, -0.2) is 0 Å². The van der Waals surface area contributed by atoms with Crippen molar-refractivity contribution in [3.8, 4) is 11.8 Å². The lowest BCUT2D eigenvalue weighted by atomic mass is 9.91. The van der Waals surface area contributed by atoms with Crippen LogP contribution in [0.25, 0.3) is 16.6 Å². The van der Waals surface area contributed by atoms with Crippen LogP contribution in [-0.4, -0.2) is 97.0 Å². The fraction of sp³-hybridized carbons (Fsp3) is 0.414. The van der Waals surface area contributed by atoms with Crippen molar-refractivity contribution in [1.29, 1.82) is 5.26 Å². The highest BCUT2D eigenvalue weighted by atomic mass is 32.3. The second kappa shape index (κ2) is 10.3. The lowest BCUT2D eigenvalue weighted by Gasteiger charge is -2.42. The summed E-state index contributed by atoms with van der Waals surface area (Å²) in [4.78, 5) is 33.2. The molecule has 0 unspecified atom stereocenters. The number of rotatable bonds is 4. The number of nitrogens with zero attached hydrogens (tertiary/aromatic N) is 5. The van der Waals surface area contributed by atoms with Gasteiger partial charge in [-0.1, -0.05) is 12.5 Å². The fourth-order valence-corrected chi connectivity index (χ4v) is 7.04. The van der Waals surface area contributed by atoms with Gasteiger partial charge in [-0.15, -0.1) is 0 Å². The lowest BCUT2D eigenvalue weighted by Crippen LogP contribution is -2.53. The van der Waals surface area contributed by atoms with E-state index >= 15 is 0 Å². The van der Waals surface area contributed by atoms with Crippen molar-refractivity contribution in [3.05, 3.63) is 65.4 Å². The number of nitriles is 1. The Morgan fingerprint density at radius 2 is 1.59 bits per heavy atom. The summed E-state index contributed by atoms with van der Waals surface area (Å²) in [7, 11) is -2.64. The highest BCUT2D eigenvalue weighted by molar-refractivity contribution is 8.24. The topological polar surface area (TPSA) is 113 Å². The molecule has 2 aromatic carbocycles. The van der Waals surface area contributed by atoms with Gasteiger partial charge < -0.3 is 14.4 Å². The van der Waals surface area contributed by atoms with Gasteiger partial charge in [0.2, 0.25) is 0 Å². The smallest absolute Gasteiger partial charge is 0.270 e. The first-order valence-corrected chi connectivity index (χ1v) is 15.4. The normalized spacial score (nSPS) is 20.8. The minimum absolute atomic E-state index is 0.00139. The molecule has 1 aliphatic carbocycles. The molecule has 0 atom stereocenters. The van der Waals surface area contributed by atoms with E-state index in [2.05, 4.69) is 11.0 Å². The number of carbonyl (C=O) groups excluding carboxylic acids is 2. The van der Waals surface area contributed by atoms with Gasteiger partial charge in [-0.2, -0.15) is 15.9 Å². The van der Waals surface area contributed by atoms with Crippen LogP contribution in [-0.2, 0) is 0 Å². The second-order valence-electron chi connectivity index (χ2n) is 10.7. The molecule has 2 N–H and O–H groups in total. The third-order valence-corrected chi connectivity index (χ3v) is 10.0. The average Bonchev–Trinajstić information content (AvgIpc) is 3.30. The van der Waals surface area contributed by atoms with E-state index < -0.39 is 10.6 Å². The van der Waals surface area contributed by atoms with Gasteiger partial charge in [0, 0.05) is 61.9 Å². The highest BCUT2D eigenvalue weighted by Gasteiger charge is 2.31. The van der Waals surface area contributed by atoms with Crippen LogP contribution < -0.4 is 0 Å². The van der Waals surface area contributed by atoms with Gasteiger partial charge in [0.25, 0.3) is 11.8 Å². The zero-order valence-electron chi connectivity index (χ0n) is 21.8. The molecule has 2 amide bonds. The molecule has 2 aliphatic heterocycles. The molecule has 0 spiro atoms. The van der Waals surface area contributed by atoms with Crippen molar-refractivity contribution in [2.75, 3.05) is 50.8 Å². The molecule has 0 bridgehead atoms. The SMILES string of the molecule is N#Cc1cccc(-n2c(C(=O)N3CCS(O)(O)CC3)cc3cc(C(=O)N4CCN(C5CCC5)CC4)ccc32)c1. The molecule has 6 rings (SSSR count). The van der Waals surface area contributed by atoms with Crippen LogP contribution in [0.1, 0.15) is 45.7 Å². The predicted octanol–water partition coefficient (Wildman–Crippen LogP) is 4.02. The summed E-state index contributed by atoms with van der Waals surface area (Å²) in [5, 5.41) is 10.2. The third kappa shape index (κ3) is 5.03. The Labute approximate surface area is 229 Å². The molecule has 9 nitrogen and oxygen atoms in total. The van der Waals surface area contributed by atoms with Gasteiger partial charge >= 0.3 is 0 Å². The summed E-state index contributed by atoms with van der Waals surface area (Å²) in [5.74, 6) is 0.104. The van der Waals surface area contributed by atoms with E-state index in [9.17, 15) is 24.0 Å². The van der Waals surface area contributed by atoms with Crippen LogP contribution in [0.4, 0.5) is 0 Å². The van der Waals surface area contributed by atoms with Gasteiger partial charge in [-0.3, -0.25) is 23.6 Å². The first kappa shape index (κ1) is 25.9. The zero-order chi connectivity index (χ0) is 27.1. The standard InChI is InChI=1S/C29H33N5O4S/c30-20-21-3-1-6-25(17-21)34-26-8-7-22(28(35)32-11-9-31(10-12-32)24-4-2-5-24)18-23(26)19-27(34)29(36)33-13-15-39(37,38)16-14-33/h1,3,6-8,17-19,24,37-38H,2,4-5,9-16H2. The molecule has 0 radical (unpaired) electrons. The minimum Gasteiger partial charge on any atom is -0.336 e. The Balaban J connectivity index is 1.32. The molecule has 1 saturated carbocycles. The molecule has 2 saturated heterocycles. The molecular formula is C29H33N5O4S. The summed E-state index contributed by atoms with van der Waals surface area (Å²) >= 11 is 0. The van der Waals surface area contributed by atoms with E-state index in [1.54, 1.807) is 29.2 Å². The first-order chi connectivity index (χ1) is 18.8. The largest absolute Gasteiger partial charge is 0.336 e.